The van der Waals surface area contributed by atoms with Crippen molar-refractivity contribution in [3.63, 3.8) is 0 Å². The molecule has 48 heavy (non-hydrogen) atoms. The van der Waals surface area contributed by atoms with Crippen LogP contribution in [0.25, 0.3) is 11.1 Å². The van der Waals surface area contributed by atoms with Gasteiger partial charge in [0.05, 0.1) is 20.8 Å². The Morgan fingerprint density at radius 1 is 0.812 bits per heavy atom. The number of carbonyl (C=O) groups is 2. The number of aliphatic hydroxyl groups excluding tert-OH is 2. The molecule has 0 fully saturated rings. The second kappa shape index (κ2) is 17.0. The van der Waals surface area contributed by atoms with Crippen molar-refractivity contribution in [1.82, 2.24) is 15.3 Å². The van der Waals surface area contributed by atoms with Crippen LogP contribution in [0.4, 0.5) is 5.69 Å². The fourth-order valence-corrected chi connectivity index (χ4v) is 5.43. The van der Waals surface area contributed by atoms with Crippen LogP contribution in [0.5, 0.6) is 11.5 Å². The number of hydrogen-bond donors (Lipinski definition) is 4. The Morgan fingerprint density at radius 3 is 2.12 bits per heavy atom. The van der Waals surface area contributed by atoms with Gasteiger partial charge >= 0.3 is 0 Å². The molecule has 4 aromatic rings. The van der Waals surface area contributed by atoms with Crippen molar-refractivity contribution >= 4 is 17.4 Å². The lowest BCUT2D eigenvalue weighted by Gasteiger charge is -2.17. The number of nitrogens with one attached hydrogen (secondary N) is 2. The summed E-state index contributed by atoms with van der Waals surface area (Å²) in [6.07, 6.45) is 4.92. The summed E-state index contributed by atoms with van der Waals surface area (Å²) in [4.78, 5) is 35.5. The van der Waals surface area contributed by atoms with Gasteiger partial charge in [0, 0.05) is 67.0 Å². The van der Waals surface area contributed by atoms with E-state index >= 15 is 0 Å². The van der Waals surface area contributed by atoms with Crippen LogP contribution in [0.1, 0.15) is 69.1 Å². The Labute approximate surface area is 282 Å². The summed E-state index contributed by atoms with van der Waals surface area (Å²) in [6.45, 7) is 8.38. The van der Waals surface area contributed by atoms with Crippen LogP contribution >= 0.6 is 0 Å². The van der Waals surface area contributed by atoms with Crippen LogP contribution in [-0.2, 0) is 19.4 Å². The normalized spacial score (nSPS) is 12.3. The van der Waals surface area contributed by atoms with Gasteiger partial charge in [0.25, 0.3) is 5.91 Å². The van der Waals surface area contributed by atoms with Gasteiger partial charge in [-0.15, -0.1) is 0 Å². The van der Waals surface area contributed by atoms with Crippen LogP contribution in [0.15, 0.2) is 60.9 Å². The van der Waals surface area contributed by atoms with E-state index in [9.17, 15) is 19.8 Å². The summed E-state index contributed by atoms with van der Waals surface area (Å²) in [6, 6.07) is 14.8. The van der Waals surface area contributed by atoms with E-state index in [4.69, 9.17) is 9.47 Å². The molecule has 2 heterocycles. The van der Waals surface area contributed by atoms with Crippen molar-refractivity contribution in [2.24, 2.45) is 5.92 Å². The number of aromatic nitrogens is 2. The van der Waals surface area contributed by atoms with Crippen molar-refractivity contribution in [1.29, 1.82) is 0 Å². The number of Topliss-reactive ketones (excluding diaryl/α,β-unsaturated/α-hetero) is 1. The molecule has 0 saturated heterocycles. The lowest BCUT2D eigenvalue weighted by atomic mass is 9.91. The number of benzene rings is 2. The van der Waals surface area contributed by atoms with Gasteiger partial charge in [-0.3, -0.25) is 19.6 Å². The van der Waals surface area contributed by atoms with E-state index in [-0.39, 0.29) is 49.0 Å². The van der Waals surface area contributed by atoms with Crippen molar-refractivity contribution in [2.45, 2.75) is 59.5 Å². The topological polar surface area (TPSA) is 143 Å². The summed E-state index contributed by atoms with van der Waals surface area (Å²) in [5.41, 5.74) is 7.49. The fourth-order valence-electron chi connectivity index (χ4n) is 5.43. The Balaban J connectivity index is 1.52. The first-order chi connectivity index (χ1) is 23.1. The standard InChI is InChI=1S/C38H46N4O6/c1-23(21-43)13-14-28-18-41-34(17-36(28)47-5)38(46)42-32-12-8-11-31(26(32)4)30-10-7-9-27(25(30)3)15-35(45)33-16-37(48-6)29(20-40-33)19-39-24(2)22-44/h7-12,16-18,20,23-24,39,43-44H,13-15,19,21-22H2,1-6H3,(H,42,46)/t23-,24+/m0/s1. The molecule has 254 valence electrons. The molecule has 0 aliphatic rings. The molecule has 0 bridgehead atoms. The number of pyridine rings is 2. The smallest absolute Gasteiger partial charge is 0.274 e. The SMILES string of the molecule is COc1cc(C(=O)Nc2cccc(-c3cccc(CC(=O)c4cc(OC)c(CN[C@H](C)CO)cn4)c3C)c2C)ncc1CC[C@H](C)CO. The molecule has 0 aliphatic heterocycles. The molecule has 2 atom stereocenters. The third kappa shape index (κ3) is 8.83. The van der Waals surface area contributed by atoms with E-state index in [1.807, 2.05) is 64.1 Å². The van der Waals surface area contributed by atoms with E-state index in [1.54, 1.807) is 38.7 Å². The maximum atomic E-state index is 13.4. The summed E-state index contributed by atoms with van der Waals surface area (Å²) >= 11 is 0. The molecular weight excluding hydrogens is 608 g/mol. The minimum absolute atomic E-state index is 0.0119. The van der Waals surface area contributed by atoms with Crippen molar-refractivity contribution in [3.05, 3.63) is 100 Å². The zero-order chi connectivity index (χ0) is 34.8. The van der Waals surface area contributed by atoms with Crippen LogP contribution in [-0.4, -0.2) is 65.3 Å². The number of ether oxygens (including phenoxy) is 2. The van der Waals surface area contributed by atoms with Crippen LogP contribution in [0.2, 0.25) is 0 Å². The molecule has 2 aromatic heterocycles. The number of ketones is 1. The number of anilines is 1. The van der Waals surface area contributed by atoms with E-state index in [1.165, 1.54) is 0 Å². The monoisotopic (exact) mass is 654 g/mol. The van der Waals surface area contributed by atoms with Gasteiger partial charge in [-0.05, 0) is 73.4 Å². The van der Waals surface area contributed by atoms with Gasteiger partial charge in [0.1, 0.15) is 22.9 Å². The minimum atomic E-state index is -0.354. The van der Waals surface area contributed by atoms with Crippen molar-refractivity contribution in [3.8, 4) is 22.6 Å². The number of aliphatic hydroxyl groups is 2. The van der Waals surface area contributed by atoms with Crippen LogP contribution < -0.4 is 20.1 Å². The van der Waals surface area contributed by atoms with Gasteiger partial charge < -0.3 is 30.3 Å². The van der Waals surface area contributed by atoms with E-state index in [0.717, 1.165) is 45.4 Å². The summed E-state index contributed by atoms with van der Waals surface area (Å²) in [5, 5.41) is 24.8. The number of aryl methyl sites for hydroxylation is 1. The number of carbonyl (C=O) groups excluding carboxylic acids is 2. The molecule has 4 rings (SSSR count). The second-order valence-electron chi connectivity index (χ2n) is 12.2. The fraction of sp³-hybridized carbons (Fsp3) is 0.368. The van der Waals surface area contributed by atoms with E-state index < -0.39 is 0 Å². The van der Waals surface area contributed by atoms with E-state index in [0.29, 0.717) is 35.8 Å². The highest BCUT2D eigenvalue weighted by atomic mass is 16.5. The third-order valence-electron chi connectivity index (χ3n) is 8.65. The molecule has 0 saturated carbocycles. The molecule has 0 spiro atoms. The number of nitrogens with zero attached hydrogens (tertiary/aromatic N) is 2. The number of hydrogen-bond acceptors (Lipinski definition) is 9. The molecular formula is C38H46N4O6. The highest BCUT2D eigenvalue weighted by Crippen LogP contribution is 2.33. The van der Waals surface area contributed by atoms with Crippen molar-refractivity contribution in [2.75, 3.05) is 32.8 Å². The number of amides is 1. The molecule has 1 amide bonds. The predicted octanol–water partition coefficient (Wildman–Crippen LogP) is 5.49. The number of methoxy groups -OCH3 is 2. The molecule has 0 unspecified atom stereocenters. The first-order valence-corrected chi connectivity index (χ1v) is 16.1. The first-order valence-electron chi connectivity index (χ1n) is 16.1. The van der Waals surface area contributed by atoms with Gasteiger partial charge in [-0.2, -0.15) is 0 Å². The third-order valence-corrected chi connectivity index (χ3v) is 8.65. The average Bonchev–Trinajstić information content (AvgIpc) is 3.11. The van der Waals surface area contributed by atoms with Gasteiger partial charge in [-0.1, -0.05) is 37.3 Å². The first kappa shape index (κ1) is 36.2. The predicted molar refractivity (Wildman–Crippen MR) is 187 cm³/mol. The zero-order valence-electron chi connectivity index (χ0n) is 28.6. The Morgan fingerprint density at radius 2 is 1.44 bits per heavy atom. The Kier molecular flexibility index (Phi) is 12.8. The Bertz CT molecular complexity index is 1610. The molecule has 4 N–H and O–H groups in total. The quantitative estimate of drug-likeness (QED) is 0.115. The second-order valence-corrected chi connectivity index (χ2v) is 12.2. The molecule has 0 aliphatic carbocycles. The Hall–Kier alpha value is -4.64. The largest absolute Gasteiger partial charge is 0.496 e. The highest BCUT2D eigenvalue weighted by Gasteiger charge is 2.19. The molecule has 10 heteroatoms. The zero-order valence-corrected chi connectivity index (χ0v) is 28.6. The maximum Gasteiger partial charge on any atom is 0.274 e. The molecule has 10 nitrogen and oxygen atoms in total. The molecule has 2 aromatic carbocycles. The van der Waals surface area contributed by atoms with Crippen LogP contribution in [0, 0.1) is 19.8 Å². The highest BCUT2D eigenvalue weighted by molar-refractivity contribution is 6.04. The van der Waals surface area contributed by atoms with E-state index in [2.05, 4.69) is 20.6 Å². The summed E-state index contributed by atoms with van der Waals surface area (Å²) in [7, 11) is 3.12. The summed E-state index contributed by atoms with van der Waals surface area (Å²) in [5.74, 6) is 0.816. The van der Waals surface area contributed by atoms with Crippen LogP contribution in [0.3, 0.4) is 0 Å². The number of rotatable bonds is 16. The maximum absolute atomic E-state index is 13.4. The van der Waals surface area contributed by atoms with Gasteiger partial charge in [0.2, 0.25) is 0 Å². The van der Waals surface area contributed by atoms with Gasteiger partial charge in [0.15, 0.2) is 5.78 Å². The van der Waals surface area contributed by atoms with Gasteiger partial charge in [-0.25, -0.2) is 0 Å². The van der Waals surface area contributed by atoms with Crippen molar-refractivity contribution < 1.29 is 29.3 Å². The molecule has 0 radical (unpaired) electrons. The average molecular weight is 655 g/mol. The minimum Gasteiger partial charge on any atom is -0.496 e. The lowest BCUT2D eigenvalue weighted by Crippen LogP contribution is -2.28. The lowest BCUT2D eigenvalue weighted by molar-refractivity contribution is 0.0985. The summed E-state index contributed by atoms with van der Waals surface area (Å²) < 4.78 is 11.1.